The van der Waals surface area contributed by atoms with Gasteiger partial charge in [-0.3, -0.25) is 4.79 Å². The lowest BCUT2D eigenvalue weighted by Crippen LogP contribution is -2.42. The van der Waals surface area contributed by atoms with E-state index in [1.165, 1.54) is 5.56 Å². The molecule has 1 amide bonds. The van der Waals surface area contributed by atoms with Crippen LogP contribution in [0.4, 0.5) is 0 Å². The van der Waals surface area contributed by atoms with Crippen LogP contribution < -0.4 is 11.1 Å². The van der Waals surface area contributed by atoms with Crippen molar-refractivity contribution in [3.63, 3.8) is 0 Å². The fraction of sp³-hybridized carbons (Fsp3) is 0.500. The van der Waals surface area contributed by atoms with Gasteiger partial charge in [0.1, 0.15) is 0 Å². The molecule has 6 heteroatoms. The molecule has 1 aromatic carbocycles. The summed E-state index contributed by atoms with van der Waals surface area (Å²) in [6.07, 6.45) is 1.61. The minimum Gasteiger partial charge on any atom is -0.350 e. The van der Waals surface area contributed by atoms with E-state index in [-0.39, 0.29) is 30.7 Å². The van der Waals surface area contributed by atoms with Gasteiger partial charge in [-0.2, -0.15) is 0 Å². The average Bonchev–Trinajstić information content (AvgIpc) is 3.06. The SMILES string of the molecule is CN(C)Cc1ccccc1CNC(=O)C1(N)CC1.Cl.Cl. The second kappa shape index (κ2) is 7.84. The molecular formula is C14H23Cl2N3O. The number of nitrogens with two attached hydrogens (primary N) is 1. The van der Waals surface area contributed by atoms with Crippen molar-refractivity contribution in [2.24, 2.45) is 5.73 Å². The molecule has 0 heterocycles. The van der Waals surface area contributed by atoms with Gasteiger partial charge in [0.15, 0.2) is 0 Å². The van der Waals surface area contributed by atoms with Crippen LogP contribution in [0.25, 0.3) is 0 Å². The van der Waals surface area contributed by atoms with Crippen LogP contribution in [-0.4, -0.2) is 30.4 Å². The predicted octanol–water partition coefficient (Wildman–Crippen LogP) is 1.70. The second-order valence-electron chi connectivity index (χ2n) is 5.35. The Balaban J connectivity index is 0.00000180. The summed E-state index contributed by atoms with van der Waals surface area (Å²) in [6, 6.07) is 8.16. The molecule has 3 N–H and O–H groups in total. The first-order valence-corrected chi connectivity index (χ1v) is 6.30. The van der Waals surface area contributed by atoms with Crippen molar-refractivity contribution in [2.75, 3.05) is 14.1 Å². The van der Waals surface area contributed by atoms with Crippen molar-refractivity contribution in [3.05, 3.63) is 35.4 Å². The molecule has 2 rings (SSSR count). The number of carbonyl (C=O) groups excluding carboxylic acids is 1. The summed E-state index contributed by atoms with van der Waals surface area (Å²) in [5, 5.41) is 2.93. The third-order valence-corrected chi connectivity index (χ3v) is 3.29. The van der Waals surface area contributed by atoms with Crippen molar-refractivity contribution in [1.29, 1.82) is 0 Å². The maximum Gasteiger partial charge on any atom is 0.240 e. The lowest BCUT2D eigenvalue weighted by Gasteiger charge is -2.15. The Morgan fingerprint density at radius 1 is 1.25 bits per heavy atom. The number of carbonyl (C=O) groups is 1. The summed E-state index contributed by atoms with van der Waals surface area (Å²) in [7, 11) is 4.07. The van der Waals surface area contributed by atoms with Gasteiger partial charge >= 0.3 is 0 Å². The largest absolute Gasteiger partial charge is 0.350 e. The van der Waals surface area contributed by atoms with Gasteiger partial charge in [-0.25, -0.2) is 0 Å². The maximum atomic E-state index is 11.8. The lowest BCUT2D eigenvalue weighted by atomic mass is 10.1. The molecule has 0 spiro atoms. The number of rotatable bonds is 5. The number of amides is 1. The Hall–Kier alpha value is -0.810. The van der Waals surface area contributed by atoms with Gasteiger partial charge in [0.25, 0.3) is 0 Å². The van der Waals surface area contributed by atoms with Crippen LogP contribution in [0.3, 0.4) is 0 Å². The number of nitrogens with one attached hydrogen (secondary N) is 1. The molecule has 0 radical (unpaired) electrons. The zero-order valence-corrected chi connectivity index (χ0v) is 13.5. The molecular weight excluding hydrogens is 297 g/mol. The predicted molar refractivity (Wildman–Crippen MR) is 86.3 cm³/mol. The zero-order chi connectivity index (χ0) is 13.2. The smallest absolute Gasteiger partial charge is 0.240 e. The van der Waals surface area contributed by atoms with Crippen LogP contribution in [0.1, 0.15) is 24.0 Å². The fourth-order valence-corrected chi connectivity index (χ4v) is 1.94. The van der Waals surface area contributed by atoms with Crippen molar-refractivity contribution in [1.82, 2.24) is 10.2 Å². The summed E-state index contributed by atoms with van der Waals surface area (Å²) in [6.45, 7) is 1.43. The van der Waals surface area contributed by atoms with Gasteiger partial charge in [-0.15, -0.1) is 24.8 Å². The standard InChI is InChI=1S/C14H21N3O.2ClH/c1-17(2)10-12-6-4-3-5-11(12)9-16-13(18)14(15)7-8-14;;/h3-6H,7-10,15H2,1-2H3,(H,16,18);2*1H. The molecule has 4 nitrogen and oxygen atoms in total. The van der Waals surface area contributed by atoms with E-state index in [1.807, 2.05) is 26.2 Å². The highest BCUT2D eigenvalue weighted by Gasteiger charge is 2.45. The summed E-state index contributed by atoms with van der Waals surface area (Å²) >= 11 is 0. The monoisotopic (exact) mass is 319 g/mol. The van der Waals surface area contributed by atoms with E-state index in [1.54, 1.807) is 0 Å². The zero-order valence-electron chi connectivity index (χ0n) is 11.9. The summed E-state index contributed by atoms with van der Waals surface area (Å²) in [5.41, 5.74) is 7.66. The summed E-state index contributed by atoms with van der Waals surface area (Å²) in [4.78, 5) is 13.9. The number of hydrogen-bond donors (Lipinski definition) is 2. The van der Waals surface area contributed by atoms with E-state index in [9.17, 15) is 4.79 Å². The Kier molecular flexibility index (Phi) is 7.52. The van der Waals surface area contributed by atoms with Gasteiger partial charge in [-0.05, 0) is 38.1 Å². The second-order valence-corrected chi connectivity index (χ2v) is 5.35. The highest BCUT2D eigenvalue weighted by Crippen LogP contribution is 2.32. The Labute approximate surface area is 132 Å². The van der Waals surface area contributed by atoms with E-state index in [0.717, 1.165) is 24.9 Å². The van der Waals surface area contributed by atoms with Crippen molar-refractivity contribution >= 4 is 30.7 Å². The van der Waals surface area contributed by atoms with Crippen LogP contribution in [0.15, 0.2) is 24.3 Å². The van der Waals surface area contributed by atoms with Crippen molar-refractivity contribution < 1.29 is 4.79 Å². The fourth-order valence-electron chi connectivity index (χ4n) is 1.94. The highest BCUT2D eigenvalue weighted by molar-refractivity contribution is 5.88. The Morgan fingerprint density at radius 3 is 2.30 bits per heavy atom. The van der Waals surface area contributed by atoms with Crippen molar-refractivity contribution in [3.8, 4) is 0 Å². The van der Waals surface area contributed by atoms with Crippen LogP contribution in [0, 0.1) is 0 Å². The van der Waals surface area contributed by atoms with E-state index in [4.69, 9.17) is 5.73 Å². The van der Waals surface area contributed by atoms with Gasteiger partial charge in [0.2, 0.25) is 5.91 Å². The highest BCUT2D eigenvalue weighted by atomic mass is 35.5. The first-order chi connectivity index (χ1) is 8.51. The van der Waals surface area contributed by atoms with Crippen LogP contribution in [0.2, 0.25) is 0 Å². The lowest BCUT2D eigenvalue weighted by molar-refractivity contribution is -0.123. The topological polar surface area (TPSA) is 58.4 Å². The molecule has 1 aromatic rings. The van der Waals surface area contributed by atoms with E-state index in [2.05, 4.69) is 22.3 Å². The van der Waals surface area contributed by atoms with E-state index >= 15 is 0 Å². The third kappa shape index (κ3) is 4.94. The van der Waals surface area contributed by atoms with Crippen LogP contribution in [-0.2, 0) is 17.9 Å². The van der Waals surface area contributed by atoms with Crippen molar-refractivity contribution in [2.45, 2.75) is 31.5 Å². The molecule has 1 aliphatic carbocycles. The number of hydrogen-bond acceptors (Lipinski definition) is 3. The number of benzene rings is 1. The number of nitrogens with zero attached hydrogens (tertiary/aromatic N) is 1. The minimum absolute atomic E-state index is 0. The first kappa shape index (κ1) is 19.2. The molecule has 1 fully saturated rings. The van der Waals surface area contributed by atoms with Crippen LogP contribution >= 0.6 is 24.8 Å². The molecule has 1 aliphatic rings. The van der Waals surface area contributed by atoms with Gasteiger partial charge in [0.05, 0.1) is 5.54 Å². The average molecular weight is 320 g/mol. The molecule has 0 aliphatic heterocycles. The summed E-state index contributed by atoms with van der Waals surface area (Å²) < 4.78 is 0. The molecule has 1 saturated carbocycles. The van der Waals surface area contributed by atoms with E-state index < -0.39 is 5.54 Å². The summed E-state index contributed by atoms with van der Waals surface area (Å²) in [5.74, 6) is -0.0258. The van der Waals surface area contributed by atoms with Gasteiger partial charge in [-0.1, -0.05) is 24.3 Å². The minimum atomic E-state index is -0.587. The van der Waals surface area contributed by atoms with Crippen LogP contribution in [0.5, 0.6) is 0 Å². The molecule has 0 unspecified atom stereocenters. The molecule has 0 saturated heterocycles. The third-order valence-electron chi connectivity index (χ3n) is 3.29. The van der Waals surface area contributed by atoms with E-state index in [0.29, 0.717) is 6.54 Å². The van der Waals surface area contributed by atoms with Gasteiger partial charge < -0.3 is 16.0 Å². The molecule has 0 atom stereocenters. The quantitative estimate of drug-likeness (QED) is 0.868. The first-order valence-electron chi connectivity index (χ1n) is 6.30. The van der Waals surface area contributed by atoms with Gasteiger partial charge in [0, 0.05) is 13.1 Å². The Bertz CT molecular complexity index is 448. The maximum absolute atomic E-state index is 11.8. The Morgan fingerprint density at radius 2 is 1.80 bits per heavy atom. The molecule has 114 valence electrons. The molecule has 0 bridgehead atoms. The molecule has 0 aromatic heterocycles. The normalized spacial score (nSPS) is 15.0. The molecule has 20 heavy (non-hydrogen) atoms. The number of halogens is 2.